The van der Waals surface area contributed by atoms with Crippen molar-refractivity contribution < 1.29 is 9.53 Å². The Kier molecular flexibility index (Phi) is 6.08. The van der Waals surface area contributed by atoms with E-state index < -0.39 is 5.69 Å². The molecule has 0 fully saturated rings. The van der Waals surface area contributed by atoms with Crippen molar-refractivity contribution in [2.75, 3.05) is 6.61 Å². The summed E-state index contributed by atoms with van der Waals surface area (Å²) >= 11 is 1.28. The number of ketones is 1. The Morgan fingerprint density at radius 1 is 0.971 bits per heavy atom. The molecule has 0 atom stereocenters. The molecule has 0 unspecified atom stereocenters. The highest BCUT2D eigenvalue weighted by atomic mass is 32.1. The van der Waals surface area contributed by atoms with Gasteiger partial charge in [-0.05, 0) is 60.2 Å². The van der Waals surface area contributed by atoms with Gasteiger partial charge in [0.1, 0.15) is 17.0 Å². The molecule has 2 aromatic carbocycles. The highest BCUT2D eigenvalue weighted by molar-refractivity contribution is 7.17. The summed E-state index contributed by atoms with van der Waals surface area (Å²) in [5.41, 5.74) is 2.40. The monoisotopic (exact) mass is 488 g/mol. The number of aromatic nitrogens is 4. The zero-order valence-electron chi connectivity index (χ0n) is 19.4. The van der Waals surface area contributed by atoms with Crippen molar-refractivity contribution in [3.63, 3.8) is 0 Å². The molecule has 0 aliphatic rings. The predicted molar refractivity (Wildman–Crippen MR) is 136 cm³/mol. The number of benzene rings is 2. The fourth-order valence-electron chi connectivity index (χ4n) is 4.07. The van der Waals surface area contributed by atoms with Gasteiger partial charge in [0.25, 0.3) is 5.56 Å². The number of hydrogen-bond donors (Lipinski definition) is 0. The largest absolute Gasteiger partial charge is 0.494 e. The minimum Gasteiger partial charge on any atom is -0.494 e. The van der Waals surface area contributed by atoms with E-state index in [1.807, 2.05) is 31.2 Å². The van der Waals surface area contributed by atoms with E-state index in [0.717, 1.165) is 16.7 Å². The van der Waals surface area contributed by atoms with E-state index in [1.54, 1.807) is 35.7 Å². The first kappa shape index (κ1) is 22.8. The average Bonchev–Trinajstić information content (AvgIpc) is 3.48. The first-order chi connectivity index (χ1) is 17.0. The summed E-state index contributed by atoms with van der Waals surface area (Å²) in [5, 5.41) is 6.21. The van der Waals surface area contributed by atoms with Crippen LogP contribution in [0.1, 0.15) is 35.3 Å². The fraction of sp³-hybridized carbons (Fsp3) is 0.231. The Labute approximate surface area is 204 Å². The number of carbonyl (C=O) groups is 1. The first-order valence-electron chi connectivity index (χ1n) is 11.4. The van der Waals surface area contributed by atoms with Crippen LogP contribution in [0.4, 0.5) is 0 Å². The molecule has 0 saturated heterocycles. The first-order valence-corrected chi connectivity index (χ1v) is 12.3. The molecule has 0 aliphatic heterocycles. The van der Waals surface area contributed by atoms with E-state index in [1.165, 1.54) is 25.9 Å². The van der Waals surface area contributed by atoms with E-state index >= 15 is 0 Å². The van der Waals surface area contributed by atoms with Crippen LogP contribution in [0.3, 0.4) is 0 Å². The van der Waals surface area contributed by atoms with E-state index in [0.29, 0.717) is 28.1 Å². The van der Waals surface area contributed by atoms with Crippen LogP contribution in [0.25, 0.3) is 16.0 Å². The lowest BCUT2D eigenvalue weighted by Gasteiger charge is -2.08. The molecule has 35 heavy (non-hydrogen) atoms. The second-order valence-corrected chi connectivity index (χ2v) is 9.07. The van der Waals surface area contributed by atoms with Gasteiger partial charge in [-0.3, -0.25) is 14.2 Å². The molecule has 0 radical (unpaired) electrons. The Morgan fingerprint density at radius 3 is 2.37 bits per heavy atom. The van der Waals surface area contributed by atoms with Gasteiger partial charge in [-0.1, -0.05) is 31.2 Å². The highest BCUT2D eigenvalue weighted by Gasteiger charge is 2.20. The van der Waals surface area contributed by atoms with Crippen molar-refractivity contribution >= 4 is 33.1 Å². The molecule has 0 spiro atoms. The Balaban J connectivity index is 1.57. The lowest BCUT2D eigenvalue weighted by molar-refractivity contribution is 0.0966. The number of Topliss-reactive ketones (excluding diaryl/α,β-unsaturated/α-hetero) is 1. The molecule has 8 nitrogen and oxygen atoms in total. The maximum Gasteiger partial charge on any atom is 0.352 e. The van der Waals surface area contributed by atoms with Crippen molar-refractivity contribution in [1.29, 1.82) is 0 Å². The Bertz CT molecular complexity index is 1640. The number of rotatable bonds is 8. The molecule has 9 heteroatoms. The number of thiophene rings is 1. The molecule has 5 rings (SSSR count). The second kappa shape index (κ2) is 9.34. The fourth-order valence-corrected chi connectivity index (χ4v) is 4.90. The van der Waals surface area contributed by atoms with E-state index in [-0.39, 0.29) is 30.2 Å². The van der Waals surface area contributed by atoms with Gasteiger partial charge in [-0.2, -0.15) is 0 Å². The molecule has 0 amide bonds. The van der Waals surface area contributed by atoms with Gasteiger partial charge in [0.2, 0.25) is 5.78 Å². The van der Waals surface area contributed by atoms with Gasteiger partial charge in [0.05, 0.1) is 18.7 Å². The van der Waals surface area contributed by atoms with Gasteiger partial charge in [0, 0.05) is 5.56 Å². The lowest BCUT2D eigenvalue weighted by atomic mass is 10.1. The number of nitrogens with zero attached hydrogens (tertiary/aromatic N) is 4. The third-order valence-corrected chi connectivity index (χ3v) is 6.83. The maximum atomic E-state index is 13.3. The summed E-state index contributed by atoms with van der Waals surface area (Å²) in [6.07, 6.45) is 0.924. The normalized spacial score (nSPS) is 11.4. The molecule has 178 valence electrons. The zero-order chi connectivity index (χ0) is 24.5. The lowest BCUT2D eigenvalue weighted by Crippen LogP contribution is -2.27. The predicted octanol–water partition coefficient (Wildman–Crippen LogP) is 3.76. The summed E-state index contributed by atoms with van der Waals surface area (Å²) < 4.78 is 9.94. The van der Waals surface area contributed by atoms with Gasteiger partial charge in [-0.25, -0.2) is 13.9 Å². The summed E-state index contributed by atoms with van der Waals surface area (Å²) in [4.78, 5) is 39.5. The van der Waals surface area contributed by atoms with Crippen molar-refractivity contribution in [3.05, 3.63) is 97.5 Å². The van der Waals surface area contributed by atoms with Gasteiger partial charge < -0.3 is 4.74 Å². The van der Waals surface area contributed by atoms with Crippen molar-refractivity contribution in [2.45, 2.75) is 33.4 Å². The van der Waals surface area contributed by atoms with Crippen molar-refractivity contribution in [3.8, 4) is 5.75 Å². The van der Waals surface area contributed by atoms with Crippen LogP contribution in [0, 0.1) is 0 Å². The number of hydrogen-bond acceptors (Lipinski definition) is 6. The molecule has 0 bridgehead atoms. The minimum absolute atomic E-state index is 0.211. The number of fused-ring (bicyclic) bond motifs is 3. The highest BCUT2D eigenvalue weighted by Crippen LogP contribution is 2.18. The Hall–Kier alpha value is -3.98. The molecule has 0 aliphatic carbocycles. The standard InChI is InChI=1S/C26H24N4O4S/c1-3-17-5-7-18(8-6-17)15-28-24(32)23-21(13-14-35-23)30-25(28)27-29(26(30)33)16-22(31)19-9-11-20(12-10-19)34-4-2/h5-14H,3-4,15-16H2,1-2H3. The summed E-state index contributed by atoms with van der Waals surface area (Å²) in [5.74, 6) is 0.624. The minimum atomic E-state index is -0.460. The van der Waals surface area contributed by atoms with Crippen molar-refractivity contribution in [2.24, 2.45) is 0 Å². The molecule has 5 aromatic rings. The second-order valence-electron chi connectivity index (χ2n) is 8.15. The average molecular weight is 489 g/mol. The van der Waals surface area contributed by atoms with Gasteiger partial charge in [0.15, 0.2) is 5.78 Å². The number of ether oxygens (including phenoxy) is 1. The summed E-state index contributed by atoms with van der Waals surface area (Å²) in [6.45, 7) is 4.54. The van der Waals surface area contributed by atoms with Crippen LogP contribution in [-0.4, -0.2) is 31.1 Å². The molecule has 0 N–H and O–H groups in total. The zero-order valence-corrected chi connectivity index (χ0v) is 20.2. The van der Waals surface area contributed by atoms with Crippen LogP contribution in [-0.2, 0) is 19.5 Å². The summed E-state index contributed by atoms with van der Waals surface area (Å²) in [7, 11) is 0. The van der Waals surface area contributed by atoms with Crippen LogP contribution in [0.5, 0.6) is 5.75 Å². The van der Waals surface area contributed by atoms with Crippen LogP contribution < -0.4 is 16.0 Å². The van der Waals surface area contributed by atoms with Crippen LogP contribution >= 0.6 is 11.3 Å². The number of aryl methyl sites for hydroxylation is 1. The van der Waals surface area contributed by atoms with E-state index in [2.05, 4.69) is 12.0 Å². The molecular weight excluding hydrogens is 464 g/mol. The topological polar surface area (TPSA) is 87.6 Å². The Morgan fingerprint density at radius 2 is 1.69 bits per heavy atom. The van der Waals surface area contributed by atoms with Crippen molar-refractivity contribution in [1.82, 2.24) is 18.7 Å². The number of carbonyl (C=O) groups excluding carboxylic acids is 1. The van der Waals surface area contributed by atoms with Crippen LogP contribution in [0.2, 0.25) is 0 Å². The molecule has 0 saturated carbocycles. The van der Waals surface area contributed by atoms with Gasteiger partial charge >= 0.3 is 5.69 Å². The maximum absolute atomic E-state index is 13.3. The third kappa shape index (κ3) is 4.19. The van der Waals surface area contributed by atoms with E-state index in [9.17, 15) is 14.4 Å². The van der Waals surface area contributed by atoms with Crippen LogP contribution in [0.15, 0.2) is 69.6 Å². The molecular formula is C26H24N4O4S. The molecule has 3 aromatic heterocycles. The SMILES string of the molecule is CCOc1ccc(C(=O)Cn2nc3n(Cc4ccc(CC)cc4)c(=O)c4sccc4n3c2=O)cc1. The molecule has 3 heterocycles. The smallest absolute Gasteiger partial charge is 0.352 e. The van der Waals surface area contributed by atoms with Gasteiger partial charge in [-0.15, -0.1) is 16.4 Å². The summed E-state index contributed by atoms with van der Waals surface area (Å²) in [6, 6.07) is 16.5. The third-order valence-electron chi connectivity index (χ3n) is 5.94. The van der Waals surface area contributed by atoms with E-state index in [4.69, 9.17) is 4.74 Å². The quantitative estimate of drug-likeness (QED) is 0.310.